The van der Waals surface area contributed by atoms with Crippen molar-refractivity contribution in [3.8, 4) is 0 Å². The highest BCUT2D eigenvalue weighted by Gasteiger charge is 2.70. The number of hydrogen-bond acceptors (Lipinski definition) is 0. The molecule has 0 rings (SSSR count). The summed E-state index contributed by atoms with van der Waals surface area (Å²) in [7, 11) is 246. The Morgan fingerprint density at radius 1 is 0.0976 bits per heavy atom. The summed E-state index contributed by atoms with van der Waals surface area (Å²) in [5.74, 6) is 0. The molecule has 0 bridgehead atoms. The summed E-state index contributed by atoms with van der Waals surface area (Å²) in [6, 6.07) is 0. The van der Waals surface area contributed by atoms with Crippen molar-refractivity contribution in [3.63, 3.8) is 0 Å². The zero-order valence-corrected chi connectivity index (χ0v) is 189. The van der Waals surface area contributed by atoms with Gasteiger partial charge in [0.15, 0.2) is 0 Å². The molecule has 0 fully saturated rings. The molecule has 0 N–H and O–H groups in total. The molecule has 0 aliphatic carbocycles. The van der Waals surface area contributed by atoms with Crippen molar-refractivity contribution in [3.05, 3.63) is 0 Å². The molecule has 0 aliphatic heterocycles. The average molecular weight is 3930 g/mol. The van der Waals surface area contributed by atoms with E-state index in [0.29, 0.717) is 0 Å². The smallest absolute Gasteiger partial charge is 0.000000168 e. The molecule has 738 valence electrons. The van der Waals surface area contributed by atoms with Gasteiger partial charge in [-0.05, 0) is 419 Å². The molecular formula is H123P123. The van der Waals surface area contributed by atoms with E-state index in [2.05, 4.69) is 536 Å². The van der Waals surface area contributed by atoms with Crippen LogP contribution in [-0.4, -0.2) is 0 Å². The van der Waals surface area contributed by atoms with Crippen molar-refractivity contribution in [2.24, 2.45) is 0 Å². The predicted molar refractivity (Wildman–Crippen MR) is 1020 cm³/mol. The van der Waals surface area contributed by atoms with E-state index in [1.54, 1.807) is 0 Å². The molecule has 0 aromatic rings. The van der Waals surface area contributed by atoms with Crippen LogP contribution in [0.5, 0.6) is 0 Å². The van der Waals surface area contributed by atoms with E-state index >= 15 is 0 Å². The largest absolute Gasteiger partial charge is 0.102 e. The van der Waals surface area contributed by atoms with Gasteiger partial charge in [0.05, 0.1) is 0 Å². The third-order valence-electron chi connectivity index (χ3n) is 11.0. The Morgan fingerprint density at radius 2 is 0.163 bits per heavy atom. The van der Waals surface area contributed by atoms with Crippen LogP contribution in [0, 0.1) is 0 Å². The highest BCUT2D eigenvalue weighted by Crippen LogP contribution is 3.57. The topological polar surface area (TPSA) is 0 Å². The summed E-state index contributed by atoms with van der Waals surface area (Å²) < 4.78 is 0. The molecule has 2 radical (unpaired) electrons. The lowest BCUT2D eigenvalue weighted by atomic mass is 28.3. The normalized spacial score (nSPS) is 15.8. The summed E-state index contributed by atoms with van der Waals surface area (Å²) in [4.78, 5) is 0. The summed E-state index contributed by atoms with van der Waals surface area (Å²) in [6.45, 7) is -34.6. The fraction of sp³-hybridized carbons (Fsp3) is 0. The summed E-state index contributed by atoms with van der Waals surface area (Å²) >= 11 is 0. The van der Waals surface area contributed by atoms with Crippen molar-refractivity contribution in [2.75, 3.05) is 0 Å². The molecule has 0 aliphatic rings. The Bertz CT molecular complexity index is 2170. The fourth-order valence-corrected chi connectivity index (χ4v) is 1850. The average Bonchev–Trinajstić information content (AvgIpc) is 0.700. The Labute approximate surface area is 964 Å². The van der Waals surface area contributed by atoms with Gasteiger partial charge in [0.25, 0.3) is 0 Å². The minimum atomic E-state index is -0.852. The van der Waals surface area contributed by atoms with E-state index in [4.69, 9.17) is 17.9 Å². The van der Waals surface area contributed by atoms with Crippen LogP contribution in [0.1, 0.15) is 0 Å². The molecule has 123 heteroatoms. The minimum absolute atomic E-state index is 0.529. The first-order chi connectivity index (χ1) is 56.0. The number of rotatable bonds is 60. The van der Waals surface area contributed by atoms with Gasteiger partial charge in [0, 0.05) is 0 Å². The molecule has 67 unspecified atom stereocenters. The highest BCUT2D eigenvalue weighted by molar-refractivity contribution is 9.63. The quantitative estimate of drug-likeness (QED) is 0.0533. The van der Waals surface area contributed by atoms with Crippen LogP contribution in [-0.2, 0) is 0 Å². The maximum Gasteiger partial charge on any atom is -0.000000168 e. The SMILES string of the molecule is [PH]PP(P)P(P(P([PH])P)P(P)P)P(P(P(P(P)P)P(P)P)P(P(P)P)P(P)P)P(P(P(P(P(P)P)P(P)P)P(P(P)P)P(P)P)P(P(P(P)P)P(P)P)P(P(P)P)P(P)P)P(P(P(P(P(P)P)P(P)P)P(P(P)P)P(P)P)P(P(P(P)P)P(P)P)P(P(P)P)P(P)P)P(P(P(P(P)P)P(P)P)P(P(P)P)P(P)P)P(P(P(P)P)P(P)P)P(P(P)P)P(P)P. The lowest BCUT2D eigenvalue weighted by molar-refractivity contribution is 4.28. The fourth-order valence-electron chi connectivity index (χ4n) is 7.63. The van der Waals surface area contributed by atoms with Gasteiger partial charge in [-0.25, -0.2) is 0 Å². The maximum atomic E-state index is 5.19. The van der Waals surface area contributed by atoms with Gasteiger partial charge in [-0.1, -0.05) is 25.8 Å². The van der Waals surface area contributed by atoms with Gasteiger partial charge >= 0.3 is 0 Å². The van der Waals surface area contributed by atoms with Crippen molar-refractivity contribution in [2.45, 2.75) is 0 Å². The lowest BCUT2D eigenvalue weighted by Gasteiger charge is -2.65. The maximum absolute atomic E-state index is 5.19. The minimum Gasteiger partial charge on any atom is -0.102 e. The lowest BCUT2D eigenvalue weighted by Crippen LogP contribution is -1.78. The Hall–Kier alpha value is 52.9. The first-order valence-electron chi connectivity index (χ1n) is 28.0. The molecule has 67 atom stereocenters. The molecule has 0 heterocycles. The Morgan fingerprint density at radius 3 is 0.220 bits per heavy atom. The van der Waals surface area contributed by atoms with Crippen molar-refractivity contribution >= 4 is 981 Å². The van der Waals surface area contributed by atoms with Gasteiger partial charge in [-0.2, -0.15) is 0 Å². The van der Waals surface area contributed by atoms with Crippen LogP contribution >= 0.6 is 981 Å². The van der Waals surface area contributed by atoms with E-state index in [-0.39, 0.29) is 0 Å². The van der Waals surface area contributed by atoms with Gasteiger partial charge < -0.3 is 0 Å². The second kappa shape index (κ2) is 96.7. The van der Waals surface area contributed by atoms with Gasteiger partial charge in [0.1, 0.15) is 0 Å². The molecule has 0 saturated carbocycles. The van der Waals surface area contributed by atoms with E-state index in [1.807, 2.05) is 0 Å². The van der Waals surface area contributed by atoms with Crippen LogP contribution in [0.25, 0.3) is 0 Å². The van der Waals surface area contributed by atoms with E-state index < -0.39 is 419 Å². The molecule has 0 amide bonds. The van der Waals surface area contributed by atoms with Crippen molar-refractivity contribution in [1.29, 1.82) is 0 Å². The van der Waals surface area contributed by atoms with Gasteiger partial charge in [-0.3, -0.25) is 0 Å². The van der Waals surface area contributed by atoms with E-state index in [9.17, 15) is 0 Å². The Balaban J connectivity index is 16.9. The van der Waals surface area contributed by atoms with E-state index in [0.717, 1.165) is 7.96 Å². The van der Waals surface area contributed by atoms with Crippen LogP contribution in [0.2, 0.25) is 0 Å². The molecular weight excluding hydrogens is 3810 g/mol. The van der Waals surface area contributed by atoms with Crippen molar-refractivity contribution in [1.82, 2.24) is 0 Å². The molecule has 123 heavy (non-hydrogen) atoms. The van der Waals surface area contributed by atoms with Crippen molar-refractivity contribution < 1.29 is 0 Å². The van der Waals surface area contributed by atoms with Crippen LogP contribution in [0.4, 0.5) is 0 Å². The summed E-state index contributed by atoms with van der Waals surface area (Å²) in [5.41, 5.74) is 0. The van der Waals surface area contributed by atoms with Crippen LogP contribution in [0.15, 0.2) is 0 Å². The van der Waals surface area contributed by atoms with Crippen LogP contribution in [0.3, 0.4) is 0 Å². The predicted octanol–water partition coefficient (Wildman–Crippen LogP) is 73.0. The zero-order valence-electron chi connectivity index (χ0n) is 63.0. The monoisotopic (exact) mass is 3930 g/mol. The van der Waals surface area contributed by atoms with Gasteiger partial charge in [-0.15, -0.1) is 536 Å². The molecule has 0 aromatic heterocycles. The third kappa shape index (κ3) is 61.8. The second-order valence-electron chi connectivity index (χ2n) is 19.6. The summed E-state index contributed by atoms with van der Waals surface area (Å²) in [5, 5.41) is 0. The standard InChI is InChI=1S/H123P123/c1-63-94(62)110(95(64(2)3)65(4)5)118(111(96(66(6)7)67(8)9)97(68(10)11)69(12)13)122(119(112(98(70(14)15)71(16)17)99(72(18)19)73(20)21)113(100(74(22)23)75(24)25)101(76(26)27)77(28)29)123(120(114(102(78(30)31)79(32)33)103(80(34)35)81(36)37)115(104(82(38)39)83(40)41)105(84(42)43)85(44)45)121(116(106(86(46)47)87(48)49)107(88(50)51)89(52)53)117(108(90(54)55)91(56)57)109(92(58)59)93(60)61/h1-2,63H,3-62H2. The zero-order chi connectivity index (χ0) is 97.3. The molecule has 0 aromatic carbocycles. The Kier molecular flexibility index (Phi) is 138. The van der Waals surface area contributed by atoms with Crippen LogP contribution < -0.4 is 0 Å². The third-order valence-corrected chi connectivity index (χ3v) is 889. The van der Waals surface area contributed by atoms with E-state index in [1.165, 1.54) is 0 Å². The first kappa shape index (κ1) is 176. The summed E-state index contributed by atoms with van der Waals surface area (Å²) in [6.07, 6.45) is 0. The molecule has 0 saturated heterocycles. The first-order valence-corrected chi connectivity index (χ1v) is 252. The highest BCUT2D eigenvalue weighted by atomic mass is 33.7. The van der Waals surface area contributed by atoms with Gasteiger partial charge in [0.2, 0.25) is 0 Å². The second-order valence-corrected chi connectivity index (χ2v) is 529. The number of hydrogen-bond donors (Lipinski definition) is 0. The molecule has 0 spiro atoms. The molecule has 0 nitrogen and oxygen atoms in total.